The van der Waals surface area contributed by atoms with Crippen molar-refractivity contribution in [2.75, 3.05) is 0 Å². The monoisotopic (exact) mass is 221 g/mol. The molecule has 2 rings (SSSR count). The van der Waals surface area contributed by atoms with Gasteiger partial charge in [-0.3, -0.25) is 0 Å². The summed E-state index contributed by atoms with van der Waals surface area (Å²) < 4.78 is 5.60. The van der Waals surface area contributed by atoms with Gasteiger partial charge >= 0.3 is 0 Å². The van der Waals surface area contributed by atoms with E-state index in [4.69, 9.17) is 4.74 Å². The van der Waals surface area contributed by atoms with Gasteiger partial charge in [0.05, 0.1) is 0 Å². The Labute approximate surface area is 98.8 Å². The average Bonchev–Trinajstić information content (AvgIpc) is 2.37. The Bertz CT molecular complexity index is 247. The highest BCUT2D eigenvalue weighted by Gasteiger charge is 2.16. The Morgan fingerprint density at radius 2 is 1.56 bits per heavy atom. The maximum absolute atomic E-state index is 5.60. The number of rotatable bonds is 1. The molecular formula is C14H23NO. The van der Waals surface area contributed by atoms with Crippen molar-refractivity contribution in [2.45, 2.75) is 57.8 Å². The first-order valence-electron chi connectivity index (χ1n) is 6.74. The summed E-state index contributed by atoms with van der Waals surface area (Å²) in [6.07, 6.45) is 18.0. The molecule has 1 saturated carbocycles. The molecule has 2 heteroatoms. The summed E-state index contributed by atoms with van der Waals surface area (Å²) in [5.74, 6) is 1.78. The predicted molar refractivity (Wildman–Crippen MR) is 66.5 cm³/mol. The van der Waals surface area contributed by atoms with Crippen LogP contribution in [0.1, 0.15) is 57.8 Å². The first-order valence-corrected chi connectivity index (χ1v) is 6.74. The zero-order valence-electron chi connectivity index (χ0n) is 10.1. The topological polar surface area (TPSA) is 21.3 Å². The minimum Gasteiger partial charge on any atom is -0.466 e. The molecule has 2 nitrogen and oxygen atoms in total. The van der Waals surface area contributed by atoms with Crippen molar-refractivity contribution in [3.63, 3.8) is 0 Å². The lowest BCUT2D eigenvalue weighted by Gasteiger charge is -2.22. The van der Waals surface area contributed by atoms with E-state index in [1.54, 1.807) is 6.26 Å². The van der Waals surface area contributed by atoms with Crippen LogP contribution in [0.2, 0.25) is 0 Å². The van der Waals surface area contributed by atoms with Gasteiger partial charge < -0.3 is 10.1 Å². The van der Waals surface area contributed by atoms with Gasteiger partial charge in [0.15, 0.2) is 0 Å². The van der Waals surface area contributed by atoms with E-state index in [1.165, 1.54) is 57.8 Å². The Kier molecular flexibility index (Phi) is 4.78. The van der Waals surface area contributed by atoms with Crippen LogP contribution in [-0.2, 0) is 4.74 Å². The van der Waals surface area contributed by atoms with Crippen molar-refractivity contribution in [3.05, 3.63) is 24.4 Å². The second kappa shape index (κ2) is 6.62. The molecular weight excluding hydrogens is 198 g/mol. The molecule has 0 bridgehead atoms. The second-order valence-electron chi connectivity index (χ2n) is 4.88. The standard InChI is InChI=1S/C14H23NO/c1-2-4-6-8-13(9-7-5-3-1)14-12-15-10-11-16-14/h10-13,15H,1-9H2. The maximum atomic E-state index is 5.60. The van der Waals surface area contributed by atoms with Crippen LogP contribution in [0.3, 0.4) is 0 Å². The van der Waals surface area contributed by atoms with Crippen molar-refractivity contribution in [1.29, 1.82) is 0 Å². The molecule has 0 saturated heterocycles. The largest absolute Gasteiger partial charge is 0.466 e. The lowest BCUT2D eigenvalue weighted by atomic mass is 9.91. The molecule has 0 aromatic carbocycles. The molecule has 0 radical (unpaired) electrons. The number of allylic oxidation sites excluding steroid dienone is 1. The van der Waals surface area contributed by atoms with Crippen molar-refractivity contribution < 1.29 is 4.74 Å². The Balaban J connectivity index is 1.86. The quantitative estimate of drug-likeness (QED) is 0.721. The molecule has 0 spiro atoms. The van der Waals surface area contributed by atoms with Crippen LogP contribution < -0.4 is 5.32 Å². The van der Waals surface area contributed by atoms with Crippen LogP contribution in [-0.4, -0.2) is 0 Å². The predicted octanol–water partition coefficient (Wildman–Crippen LogP) is 4.06. The van der Waals surface area contributed by atoms with Crippen LogP contribution in [0.5, 0.6) is 0 Å². The fraction of sp³-hybridized carbons (Fsp3) is 0.714. The summed E-state index contributed by atoms with van der Waals surface area (Å²) >= 11 is 0. The minimum atomic E-state index is 0.635. The number of hydrogen-bond donors (Lipinski definition) is 1. The van der Waals surface area contributed by atoms with Crippen molar-refractivity contribution >= 4 is 0 Å². The highest BCUT2D eigenvalue weighted by molar-refractivity contribution is 5.04. The van der Waals surface area contributed by atoms with Gasteiger partial charge in [-0.15, -0.1) is 0 Å². The van der Waals surface area contributed by atoms with Gasteiger partial charge in [-0.05, 0) is 12.8 Å². The molecule has 1 fully saturated rings. The van der Waals surface area contributed by atoms with Gasteiger partial charge in [-0.25, -0.2) is 0 Å². The van der Waals surface area contributed by atoms with Gasteiger partial charge in [0.1, 0.15) is 12.0 Å². The molecule has 1 aliphatic heterocycles. The molecule has 0 unspecified atom stereocenters. The van der Waals surface area contributed by atoms with E-state index >= 15 is 0 Å². The molecule has 1 heterocycles. The normalized spacial score (nSPS) is 24.1. The van der Waals surface area contributed by atoms with E-state index in [1.807, 2.05) is 12.4 Å². The molecule has 0 aromatic rings. The van der Waals surface area contributed by atoms with Gasteiger partial charge in [-0.2, -0.15) is 0 Å². The zero-order valence-corrected chi connectivity index (χ0v) is 10.1. The second-order valence-corrected chi connectivity index (χ2v) is 4.88. The van der Waals surface area contributed by atoms with Crippen molar-refractivity contribution in [3.8, 4) is 0 Å². The summed E-state index contributed by atoms with van der Waals surface area (Å²) in [5, 5.41) is 3.13. The summed E-state index contributed by atoms with van der Waals surface area (Å²) in [7, 11) is 0. The van der Waals surface area contributed by atoms with Crippen molar-refractivity contribution in [1.82, 2.24) is 5.32 Å². The minimum absolute atomic E-state index is 0.635. The van der Waals surface area contributed by atoms with E-state index in [0.29, 0.717) is 5.92 Å². The SMILES string of the molecule is C1=COC(C2CCCCCCCCC2)=CN1. The first-order chi connectivity index (χ1) is 7.97. The Morgan fingerprint density at radius 1 is 0.938 bits per heavy atom. The molecule has 0 aromatic heterocycles. The molecule has 2 aliphatic rings. The van der Waals surface area contributed by atoms with Gasteiger partial charge in [-0.1, -0.05) is 44.9 Å². The Hall–Kier alpha value is -0.920. The number of hydrogen-bond acceptors (Lipinski definition) is 2. The molecule has 0 amide bonds. The van der Waals surface area contributed by atoms with Crippen LogP contribution in [0, 0.1) is 5.92 Å². The van der Waals surface area contributed by atoms with Crippen LogP contribution in [0.25, 0.3) is 0 Å². The van der Waals surface area contributed by atoms with Crippen LogP contribution in [0.15, 0.2) is 24.4 Å². The van der Waals surface area contributed by atoms with Crippen molar-refractivity contribution in [2.24, 2.45) is 5.92 Å². The van der Waals surface area contributed by atoms with E-state index in [9.17, 15) is 0 Å². The lowest BCUT2D eigenvalue weighted by molar-refractivity contribution is 0.253. The van der Waals surface area contributed by atoms with Crippen LogP contribution in [0.4, 0.5) is 0 Å². The first kappa shape index (κ1) is 11.6. The van der Waals surface area contributed by atoms with Gasteiger partial charge in [0.25, 0.3) is 0 Å². The summed E-state index contributed by atoms with van der Waals surface area (Å²) in [6, 6.07) is 0. The van der Waals surface area contributed by atoms with E-state index in [2.05, 4.69) is 5.32 Å². The van der Waals surface area contributed by atoms with E-state index < -0.39 is 0 Å². The lowest BCUT2D eigenvalue weighted by Crippen LogP contribution is -2.13. The summed E-state index contributed by atoms with van der Waals surface area (Å²) in [4.78, 5) is 0. The average molecular weight is 221 g/mol. The molecule has 1 aliphatic carbocycles. The third kappa shape index (κ3) is 3.58. The third-order valence-corrected chi connectivity index (χ3v) is 3.60. The Morgan fingerprint density at radius 3 is 2.12 bits per heavy atom. The van der Waals surface area contributed by atoms with Crippen LogP contribution >= 0.6 is 0 Å². The number of nitrogens with one attached hydrogen (secondary N) is 1. The fourth-order valence-corrected chi connectivity index (χ4v) is 2.62. The fourth-order valence-electron chi connectivity index (χ4n) is 2.62. The third-order valence-electron chi connectivity index (χ3n) is 3.60. The highest BCUT2D eigenvalue weighted by atomic mass is 16.5. The smallest absolute Gasteiger partial charge is 0.122 e. The zero-order chi connectivity index (χ0) is 11.1. The number of ether oxygens (including phenoxy) is 1. The molecule has 90 valence electrons. The summed E-state index contributed by atoms with van der Waals surface area (Å²) in [6.45, 7) is 0. The van der Waals surface area contributed by atoms with Gasteiger partial charge in [0.2, 0.25) is 0 Å². The maximum Gasteiger partial charge on any atom is 0.122 e. The van der Waals surface area contributed by atoms with E-state index in [-0.39, 0.29) is 0 Å². The summed E-state index contributed by atoms with van der Waals surface area (Å²) in [5.41, 5.74) is 0. The van der Waals surface area contributed by atoms with E-state index in [0.717, 1.165) is 5.76 Å². The molecule has 0 atom stereocenters. The van der Waals surface area contributed by atoms with Gasteiger partial charge in [0, 0.05) is 18.3 Å². The highest BCUT2D eigenvalue weighted by Crippen LogP contribution is 2.28. The molecule has 1 N–H and O–H groups in total. The molecule has 16 heavy (non-hydrogen) atoms.